The maximum Gasteiger partial charge on any atom is 0.416 e. The molecule has 0 saturated carbocycles. The van der Waals surface area contributed by atoms with E-state index in [1.54, 1.807) is 42.5 Å². The second-order valence-corrected chi connectivity index (χ2v) is 8.57. The minimum atomic E-state index is -4.45. The van der Waals surface area contributed by atoms with Crippen LogP contribution in [0.3, 0.4) is 0 Å². The number of nitrogens with one attached hydrogen (secondary N) is 1. The summed E-state index contributed by atoms with van der Waals surface area (Å²) in [6.07, 6.45) is -4.45. The molecule has 1 aliphatic heterocycles. The number of nitrogens with zero attached hydrogens (tertiary/aromatic N) is 1. The summed E-state index contributed by atoms with van der Waals surface area (Å²) in [5, 5.41) is 2.82. The highest BCUT2D eigenvalue weighted by Gasteiger charge is 2.35. The molecule has 1 unspecified atom stereocenters. The molecular weight excluding hydrogens is 461 g/mol. The van der Waals surface area contributed by atoms with Crippen LogP contribution in [0.2, 0.25) is 5.02 Å². The van der Waals surface area contributed by atoms with E-state index in [9.17, 15) is 22.8 Å². The molecule has 32 heavy (non-hydrogen) atoms. The number of hydrogen-bond acceptors (Lipinski definition) is 3. The maximum absolute atomic E-state index is 12.9. The van der Waals surface area contributed by atoms with Crippen molar-refractivity contribution in [1.29, 1.82) is 0 Å². The molecule has 0 radical (unpaired) electrons. The van der Waals surface area contributed by atoms with Crippen LogP contribution < -0.4 is 10.2 Å². The van der Waals surface area contributed by atoms with Gasteiger partial charge in [-0.1, -0.05) is 29.8 Å². The van der Waals surface area contributed by atoms with Crippen LogP contribution in [-0.2, 0) is 11.0 Å². The SMILES string of the molecule is O=C(Nc1cccc(C2SCC(=O)N2c2ccc(C(F)(F)F)cc2)c1)c1cccc(Cl)c1. The molecule has 1 aliphatic rings. The zero-order chi connectivity index (χ0) is 22.9. The second kappa shape index (κ2) is 8.88. The number of benzene rings is 3. The van der Waals surface area contributed by atoms with E-state index in [4.69, 9.17) is 11.6 Å². The average Bonchev–Trinajstić information content (AvgIpc) is 3.15. The van der Waals surface area contributed by atoms with Crippen LogP contribution in [-0.4, -0.2) is 17.6 Å². The molecule has 3 aromatic rings. The standard InChI is InChI=1S/C23H16ClF3N2O2S/c24-17-5-1-3-14(11-17)21(31)28-18-6-2-4-15(12-18)22-29(20(30)13-32-22)19-9-7-16(8-10-19)23(25,26)27/h1-12,22H,13H2,(H,28,31). The molecule has 1 saturated heterocycles. The van der Waals surface area contributed by atoms with Crippen molar-refractivity contribution in [2.75, 3.05) is 16.0 Å². The minimum Gasteiger partial charge on any atom is -0.322 e. The Hall–Kier alpha value is -2.97. The lowest BCUT2D eigenvalue weighted by atomic mass is 10.1. The minimum absolute atomic E-state index is 0.199. The summed E-state index contributed by atoms with van der Waals surface area (Å²) < 4.78 is 38.6. The Morgan fingerprint density at radius 2 is 1.75 bits per heavy atom. The summed E-state index contributed by atoms with van der Waals surface area (Å²) in [7, 11) is 0. The summed E-state index contributed by atoms with van der Waals surface area (Å²) in [4.78, 5) is 26.5. The van der Waals surface area contributed by atoms with Gasteiger partial charge in [0.1, 0.15) is 5.37 Å². The number of carbonyl (C=O) groups excluding carboxylic acids is 2. The number of anilines is 2. The van der Waals surface area contributed by atoms with Gasteiger partial charge in [0.15, 0.2) is 0 Å². The van der Waals surface area contributed by atoms with E-state index in [1.165, 1.54) is 28.8 Å². The van der Waals surface area contributed by atoms with E-state index in [2.05, 4.69) is 5.32 Å². The molecular formula is C23H16ClF3N2O2S. The molecule has 0 spiro atoms. The van der Waals surface area contributed by atoms with Crippen molar-refractivity contribution in [2.24, 2.45) is 0 Å². The number of halogens is 4. The number of carbonyl (C=O) groups is 2. The molecule has 1 N–H and O–H groups in total. The number of amides is 2. The molecule has 0 aliphatic carbocycles. The fourth-order valence-electron chi connectivity index (χ4n) is 3.36. The van der Waals surface area contributed by atoms with Crippen LogP contribution in [0.15, 0.2) is 72.8 Å². The Kier molecular flexibility index (Phi) is 6.17. The first-order valence-corrected chi connectivity index (χ1v) is 10.9. The number of hydrogen-bond donors (Lipinski definition) is 1. The van der Waals surface area contributed by atoms with E-state index in [0.717, 1.165) is 17.7 Å². The molecule has 2 amide bonds. The van der Waals surface area contributed by atoms with Crippen molar-refractivity contribution < 1.29 is 22.8 Å². The van der Waals surface area contributed by atoms with Crippen molar-refractivity contribution in [2.45, 2.75) is 11.6 Å². The Morgan fingerprint density at radius 3 is 2.44 bits per heavy atom. The molecule has 0 aromatic heterocycles. The van der Waals surface area contributed by atoms with Crippen molar-refractivity contribution in [3.05, 3.63) is 94.5 Å². The first-order valence-electron chi connectivity index (χ1n) is 9.50. The first kappa shape index (κ1) is 22.2. The molecule has 1 fully saturated rings. The van der Waals surface area contributed by atoms with E-state index in [0.29, 0.717) is 22.0 Å². The topological polar surface area (TPSA) is 49.4 Å². The maximum atomic E-state index is 12.9. The molecule has 0 bridgehead atoms. The summed E-state index contributed by atoms with van der Waals surface area (Å²) in [5.74, 6) is -0.336. The summed E-state index contributed by atoms with van der Waals surface area (Å²) >= 11 is 7.31. The van der Waals surface area contributed by atoms with Crippen molar-refractivity contribution in [1.82, 2.24) is 0 Å². The van der Waals surface area contributed by atoms with Crippen LogP contribution >= 0.6 is 23.4 Å². The van der Waals surface area contributed by atoms with Gasteiger partial charge in [0.2, 0.25) is 5.91 Å². The normalized spacial score (nSPS) is 16.3. The van der Waals surface area contributed by atoms with E-state index in [-0.39, 0.29) is 17.6 Å². The molecule has 3 aromatic carbocycles. The Labute approximate surface area is 191 Å². The van der Waals surface area contributed by atoms with Gasteiger partial charge in [0.05, 0.1) is 11.3 Å². The number of thioether (sulfide) groups is 1. The zero-order valence-electron chi connectivity index (χ0n) is 16.4. The van der Waals surface area contributed by atoms with E-state index >= 15 is 0 Å². The quantitative estimate of drug-likeness (QED) is 0.474. The average molecular weight is 477 g/mol. The van der Waals surface area contributed by atoms with Gasteiger partial charge in [-0.25, -0.2) is 0 Å². The molecule has 1 heterocycles. The van der Waals surface area contributed by atoms with Crippen LogP contribution in [0, 0.1) is 0 Å². The molecule has 4 nitrogen and oxygen atoms in total. The smallest absolute Gasteiger partial charge is 0.322 e. The van der Waals surface area contributed by atoms with E-state index < -0.39 is 17.1 Å². The number of alkyl halides is 3. The largest absolute Gasteiger partial charge is 0.416 e. The van der Waals surface area contributed by atoms with E-state index in [1.807, 2.05) is 6.07 Å². The summed E-state index contributed by atoms with van der Waals surface area (Å²) in [5.41, 5.74) is 1.28. The lowest BCUT2D eigenvalue weighted by Gasteiger charge is -2.25. The molecule has 9 heteroatoms. The highest BCUT2D eigenvalue weighted by Crippen LogP contribution is 2.43. The van der Waals surface area contributed by atoms with Gasteiger partial charge in [-0.2, -0.15) is 13.2 Å². The molecule has 1 atom stereocenters. The van der Waals surface area contributed by atoms with Crippen LogP contribution in [0.5, 0.6) is 0 Å². The van der Waals surface area contributed by atoms with Crippen LogP contribution in [0.1, 0.15) is 26.9 Å². The highest BCUT2D eigenvalue weighted by molar-refractivity contribution is 8.00. The van der Waals surface area contributed by atoms with Gasteiger partial charge in [-0.3, -0.25) is 14.5 Å². The van der Waals surface area contributed by atoms with Gasteiger partial charge in [0, 0.05) is 22.0 Å². The summed E-state index contributed by atoms with van der Waals surface area (Å²) in [6.45, 7) is 0. The first-order chi connectivity index (χ1) is 15.2. The van der Waals surface area contributed by atoms with Crippen LogP contribution in [0.25, 0.3) is 0 Å². The van der Waals surface area contributed by atoms with Gasteiger partial charge < -0.3 is 5.32 Å². The van der Waals surface area contributed by atoms with Gasteiger partial charge in [0.25, 0.3) is 5.91 Å². The van der Waals surface area contributed by atoms with Crippen LogP contribution in [0.4, 0.5) is 24.5 Å². The Morgan fingerprint density at radius 1 is 1.03 bits per heavy atom. The lowest BCUT2D eigenvalue weighted by Crippen LogP contribution is -2.28. The number of rotatable bonds is 4. The van der Waals surface area contributed by atoms with Gasteiger partial charge >= 0.3 is 6.18 Å². The predicted octanol–water partition coefficient (Wildman–Crippen LogP) is 6.39. The fourth-order valence-corrected chi connectivity index (χ4v) is 4.72. The Bertz CT molecular complexity index is 1170. The third-order valence-corrected chi connectivity index (χ3v) is 6.30. The summed E-state index contributed by atoms with van der Waals surface area (Å²) in [6, 6.07) is 18.1. The Balaban J connectivity index is 1.57. The van der Waals surface area contributed by atoms with Gasteiger partial charge in [-0.15, -0.1) is 11.8 Å². The monoisotopic (exact) mass is 476 g/mol. The zero-order valence-corrected chi connectivity index (χ0v) is 18.0. The highest BCUT2D eigenvalue weighted by atomic mass is 35.5. The third kappa shape index (κ3) is 4.76. The lowest BCUT2D eigenvalue weighted by molar-refractivity contribution is -0.137. The fraction of sp³-hybridized carbons (Fsp3) is 0.130. The van der Waals surface area contributed by atoms with Gasteiger partial charge in [-0.05, 0) is 60.2 Å². The third-order valence-electron chi connectivity index (χ3n) is 4.86. The second-order valence-electron chi connectivity index (χ2n) is 7.06. The molecule has 4 rings (SSSR count). The van der Waals surface area contributed by atoms with Crippen molar-refractivity contribution >= 4 is 46.6 Å². The van der Waals surface area contributed by atoms with Crippen molar-refractivity contribution in [3.63, 3.8) is 0 Å². The molecule has 164 valence electrons. The predicted molar refractivity (Wildman–Crippen MR) is 120 cm³/mol. The van der Waals surface area contributed by atoms with Crippen molar-refractivity contribution in [3.8, 4) is 0 Å².